The Labute approximate surface area is 272 Å². The van der Waals surface area contributed by atoms with Gasteiger partial charge in [0.2, 0.25) is 5.89 Å². The molecule has 2 amide bonds. The average Bonchev–Trinajstić information content (AvgIpc) is 3.94. The van der Waals surface area contributed by atoms with Gasteiger partial charge in [-0.25, -0.2) is 9.59 Å². The number of carbonyl (C=O) groups is 3. The molecule has 0 radical (unpaired) electrons. The number of nitrogens with two attached hydrogens (primary N) is 1. The highest BCUT2D eigenvalue weighted by Crippen LogP contribution is 2.39. The van der Waals surface area contributed by atoms with Gasteiger partial charge in [-0.2, -0.15) is 4.98 Å². The number of amides is 2. The van der Waals surface area contributed by atoms with E-state index in [4.69, 9.17) is 29.7 Å². The Kier molecular flexibility index (Phi) is 13.0. The second kappa shape index (κ2) is 16.2. The quantitative estimate of drug-likeness (QED) is 0.0811. The topological polar surface area (TPSA) is 183 Å². The number of rotatable bonds is 5. The Bertz CT molecular complexity index is 1170. The molecule has 2 aliphatic carbocycles. The first-order chi connectivity index (χ1) is 21.6. The zero-order valence-electron chi connectivity index (χ0n) is 28.5. The molecule has 4 aliphatic rings. The van der Waals surface area contributed by atoms with E-state index < -0.39 is 11.2 Å². The van der Waals surface area contributed by atoms with Crippen molar-refractivity contribution in [2.24, 2.45) is 22.7 Å². The molecule has 2 aliphatic heterocycles. The summed E-state index contributed by atoms with van der Waals surface area (Å²) in [6.07, 6.45) is 7.78. The zero-order chi connectivity index (χ0) is 34.1. The van der Waals surface area contributed by atoms with Gasteiger partial charge in [0, 0.05) is 38.0 Å². The van der Waals surface area contributed by atoms with Crippen LogP contribution in [0.3, 0.4) is 0 Å². The van der Waals surface area contributed by atoms with Crippen molar-refractivity contribution in [3.05, 3.63) is 18.1 Å². The lowest BCUT2D eigenvalue weighted by Gasteiger charge is -2.32. The maximum atomic E-state index is 12.0. The van der Waals surface area contributed by atoms with Crippen LogP contribution >= 0.6 is 0 Å². The second-order valence-electron chi connectivity index (χ2n) is 14.1. The van der Waals surface area contributed by atoms with Gasteiger partial charge in [-0.15, -0.1) is 0 Å². The minimum absolute atomic E-state index is 0.0800. The van der Waals surface area contributed by atoms with E-state index in [1.165, 1.54) is 12.8 Å². The van der Waals surface area contributed by atoms with Gasteiger partial charge in [0.1, 0.15) is 17.6 Å². The third-order valence-electron chi connectivity index (χ3n) is 7.63. The number of oxime groups is 1. The third-order valence-corrected chi connectivity index (χ3v) is 7.63. The van der Waals surface area contributed by atoms with E-state index in [9.17, 15) is 14.4 Å². The van der Waals surface area contributed by atoms with E-state index in [1.54, 1.807) is 16.7 Å². The first kappa shape index (κ1) is 36.8. The number of ether oxygens (including phenoxy) is 3. The molecule has 46 heavy (non-hydrogen) atoms. The summed E-state index contributed by atoms with van der Waals surface area (Å²) in [5.74, 6) is 2.75. The Morgan fingerprint density at radius 3 is 1.80 bits per heavy atom. The Balaban J connectivity index is 0.000000209. The summed E-state index contributed by atoms with van der Waals surface area (Å²) >= 11 is 0. The van der Waals surface area contributed by atoms with Crippen LogP contribution in [-0.2, 0) is 19.0 Å². The molecule has 258 valence electrons. The lowest BCUT2D eigenvalue weighted by Crippen LogP contribution is -2.43. The first-order valence-corrected chi connectivity index (χ1v) is 16.4. The van der Waals surface area contributed by atoms with Crippen molar-refractivity contribution < 1.29 is 38.3 Å². The molecule has 1 aromatic heterocycles. The molecule has 0 aromatic carbocycles. The summed E-state index contributed by atoms with van der Waals surface area (Å²) in [5.41, 5.74) is 4.23. The van der Waals surface area contributed by atoms with Crippen molar-refractivity contribution in [2.75, 3.05) is 32.8 Å². The van der Waals surface area contributed by atoms with E-state index in [-0.39, 0.29) is 35.9 Å². The fourth-order valence-electron chi connectivity index (χ4n) is 4.82. The molecule has 0 bridgehead atoms. The van der Waals surface area contributed by atoms with Crippen LogP contribution in [0.2, 0.25) is 0 Å². The lowest BCUT2D eigenvalue weighted by molar-refractivity contribution is -0.149. The number of hydrogen-bond donors (Lipinski definition) is 2. The van der Waals surface area contributed by atoms with Gasteiger partial charge in [-0.1, -0.05) is 10.3 Å². The molecule has 2 saturated carbocycles. The van der Waals surface area contributed by atoms with Crippen LogP contribution in [0.4, 0.5) is 9.59 Å². The number of esters is 1. The monoisotopic (exact) mass is 649 g/mol. The van der Waals surface area contributed by atoms with Crippen LogP contribution in [0.15, 0.2) is 9.68 Å². The molecule has 14 nitrogen and oxygen atoms in total. The summed E-state index contributed by atoms with van der Waals surface area (Å²) in [4.78, 5) is 43.3. The van der Waals surface area contributed by atoms with Gasteiger partial charge < -0.3 is 39.5 Å². The first-order valence-electron chi connectivity index (χ1n) is 16.4. The highest BCUT2D eigenvalue weighted by molar-refractivity contribution is 5.86. The number of nitrogens with zero attached hydrogens (tertiary/aromatic N) is 5. The number of likely N-dealkylation sites (tertiary alicyclic amines) is 2. The minimum Gasteiger partial charge on any atom is -0.466 e. The number of amidine groups is 1. The molecular weight excluding hydrogens is 596 g/mol. The second-order valence-corrected chi connectivity index (χ2v) is 14.1. The van der Waals surface area contributed by atoms with Crippen molar-refractivity contribution in [2.45, 2.75) is 116 Å². The van der Waals surface area contributed by atoms with Gasteiger partial charge in [-0.05, 0) is 87.0 Å². The fourth-order valence-corrected chi connectivity index (χ4v) is 4.82. The van der Waals surface area contributed by atoms with Crippen molar-refractivity contribution in [1.29, 1.82) is 0 Å². The Morgan fingerprint density at radius 2 is 1.41 bits per heavy atom. The molecule has 0 spiro atoms. The van der Waals surface area contributed by atoms with Gasteiger partial charge in [-0.3, -0.25) is 4.79 Å². The van der Waals surface area contributed by atoms with Crippen LogP contribution < -0.4 is 5.73 Å². The van der Waals surface area contributed by atoms with E-state index in [1.807, 2.05) is 48.0 Å². The molecular formula is C32H53N6O8+. The Morgan fingerprint density at radius 1 is 0.913 bits per heavy atom. The number of piperidine rings is 2. The predicted molar refractivity (Wildman–Crippen MR) is 169 cm³/mol. The highest BCUT2D eigenvalue weighted by atomic mass is 16.6. The van der Waals surface area contributed by atoms with Gasteiger partial charge in [0.05, 0.1) is 18.9 Å². The summed E-state index contributed by atoms with van der Waals surface area (Å²) < 4.78 is 21.1. The van der Waals surface area contributed by atoms with Crippen molar-refractivity contribution in [3.63, 3.8) is 0 Å². The molecule has 1 unspecified atom stereocenters. The van der Waals surface area contributed by atoms with E-state index in [0.29, 0.717) is 57.4 Å². The Hall–Kier alpha value is -3.71. The van der Waals surface area contributed by atoms with Crippen LogP contribution in [0.5, 0.6) is 0 Å². The number of hydrogen-bond acceptors (Lipinski definition) is 11. The highest BCUT2D eigenvalue weighted by Gasteiger charge is 2.40. The minimum atomic E-state index is -0.477. The number of aromatic nitrogens is 2. The predicted octanol–water partition coefficient (Wildman–Crippen LogP) is 5.22. The third kappa shape index (κ3) is 12.6. The summed E-state index contributed by atoms with van der Waals surface area (Å²) in [6.45, 7) is 15.9. The SMILES string of the molecule is CC(C)(C)OC(=O)N1CCC(c2nc(C3CC3)no2)CC1.CCOC(=O)C1CCN(C(=O)OC(C)(C)C)CC1.NC(=NO)C1[CH+]C1. The summed E-state index contributed by atoms with van der Waals surface area (Å²) in [5, 5.41) is 14.9. The smallest absolute Gasteiger partial charge is 0.410 e. The molecule has 4 fully saturated rings. The van der Waals surface area contributed by atoms with Crippen LogP contribution in [-0.4, -0.2) is 93.1 Å². The molecule has 3 N–H and O–H groups in total. The van der Waals surface area contributed by atoms with Crippen molar-refractivity contribution >= 4 is 24.0 Å². The molecule has 14 heteroatoms. The maximum absolute atomic E-state index is 12.0. The van der Waals surface area contributed by atoms with Crippen molar-refractivity contribution in [3.8, 4) is 0 Å². The van der Waals surface area contributed by atoms with E-state index in [0.717, 1.165) is 31.0 Å². The van der Waals surface area contributed by atoms with Crippen LogP contribution in [0.1, 0.15) is 117 Å². The van der Waals surface area contributed by atoms with Crippen LogP contribution in [0, 0.1) is 18.3 Å². The van der Waals surface area contributed by atoms with Gasteiger partial charge in [0.25, 0.3) is 0 Å². The summed E-state index contributed by atoms with van der Waals surface area (Å²) in [7, 11) is 0. The van der Waals surface area contributed by atoms with Gasteiger partial charge in [0.15, 0.2) is 17.6 Å². The van der Waals surface area contributed by atoms with E-state index >= 15 is 0 Å². The molecule has 1 aromatic rings. The number of carbonyl (C=O) groups excluding carboxylic acids is 3. The average molecular weight is 650 g/mol. The van der Waals surface area contributed by atoms with Crippen molar-refractivity contribution in [1.82, 2.24) is 19.9 Å². The van der Waals surface area contributed by atoms with Crippen LogP contribution in [0.25, 0.3) is 0 Å². The van der Waals surface area contributed by atoms with Gasteiger partial charge >= 0.3 is 18.2 Å². The maximum Gasteiger partial charge on any atom is 0.410 e. The molecule has 3 heterocycles. The largest absolute Gasteiger partial charge is 0.466 e. The molecule has 2 saturated heterocycles. The standard InChI is InChI=1S/C15H23N3O3.C13H23NO4.C4H6N2O/c1-15(2,3)20-14(19)18-8-6-11(7-9-18)13-16-12(17-21-13)10-4-5-10;1-5-17-11(15)10-6-8-14(9-7-10)12(16)18-13(2,3)4;5-4(6-7)3-1-2-3/h10-11H,4-9H2,1-3H3;10H,5-9H2,1-4H3;1,3H,2H2,(H2-,5,6,7)/p+1. The molecule has 1 atom stereocenters. The normalized spacial score (nSPS) is 20.7. The summed E-state index contributed by atoms with van der Waals surface area (Å²) in [6, 6.07) is 0. The fraction of sp³-hybridized carbons (Fsp3) is 0.781. The molecule has 5 rings (SSSR count). The lowest BCUT2D eigenvalue weighted by atomic mass is 9.97. The zero-order valence-corrected chi connectivity index (χ0v) is 28.5. The van der Waals surface area contributed by atoms with E-state index in [2.05, 4.69) is 15.3 Å².